The molecule has 0 nitrogen and oxygen atoms in total. The van der Waals surface area contributed by atoms with Crippen molar-refractivity contribution < 1.29 is 8.78 Å². The molecule has 1 aromatic rings. The van der Waals surface area contributed by atoms with E-state index in [1.807, 2.05) is 0 Å². The van der Waals surface area contributed by atoms with Gasteiger partial charge >= 0.3 is 0 Å². The highest BCUT2D eigenvalue weighted by molar-refractivity contribution is 6.30. The molecule has 0 unspecified atom stereocenters. The number of halogens is 3. The summed E-state index contributed by atoms with van der Waals surface area (Å²) in [4.78, 5) is 0. The maximum atomic E-state index is 13.1. The number of benzene rings is 1. The van der Waals surface area contributed by atoms with E-state index in [4.69, 9.17) is 18.2 Å². The van der Waals surface area contributed by atoms with Crippen molar-refractivity contribution in [1.29, 1.82) is 0 Å². The van der Waals surface area contributed by atoms with E-state index in [1.54, 1.807) is 24.3 Å². The standard InChI is InChI=1S/C11H10ClF2/c1-2-7-11(13,14)8-9-3-5-10(12)6-4-9/h1-6H,7-8H2. The molecule has 0 bridgehead atoms. The first-order valence-corrected chi connectivity index (χ1v) is 4.57. The molecule has 1 rings (SSSR count). The van der Waals surface area contributed by atoms with Crippen molar-refractivity contribution in [3.63, 3.8) is 0 Å². The molecule has 0 fully saturated rings. The van der Waals surface area contributed by atoms with E-state index < -0.39 is 12.3 Å². The third kappa shape index (κ3) is 3.46. The van der Waals surface area contributed by atoms with Gasteiger partial charge in [0.05, 0.1) is 0 Å². The van der Waals surface area contributed by atoms with Gasteiger partial charge in [-0.15, -0.1) is 0 Å². The normalized spacial score (nSPS) is 11.4. The summed E-state index contributed by atoms with van der Waals surface area (Å²) in [5.74, 6) is -2.78. The molecule has 0 amide bonds. The second-order valence-corrected chi connectivity index (χ2v) is 3.54. The predicted molar refractivity (Wildman–Crippen MR) is 53.6 cm³/mol. The molecule has 3 heteroatoms. The van der Waals surface area contributed by atoms with Crippen molar-refractivity contribution in [2.45, 2.75) is 18.8 Å². The Balaban J connectivity index is 2.68. The second kappa shape index (κ2) is 4.56. The number of hydrogen-bond donors (Lipinski definition) is 0. The molecular weight excluding hydrogens is 206 g/mol. The first-order valence-electron chi connectivity index (χ1n) is 4.19. The summed E-state index contributed by atoms with van der Waals surface area (Å²) >= 11 is 5.63. The fraction of sp³-hybridized carbons (Fsp3) is 0.273. The quantitative estimate of drug-likeness (QED) is 0.715. The van der Waals surface area contributed by atoms with E-state index in [0.29, 0.717) is 10.6 Å². The molecule has 75 valence electrons. The fourth-order valence-corrected chi connectivity index (χ4v) is 1.27. The molecule has 14 heavy (non-hydrogen) atoms. The first-order chi connectivity index (χ1) is 6.53. The Kier molecular flexibility index (Phi) is 3.64. The Hall–Kier alpha value is -0.890. The Bertz CT molecular complexity index is 304. The van der Waals surface area contributed by atoms with E-state index in [-0.39, 0.29) is 6.42 Å². The minimum absolute atomic E-state index is 0.308. The Morgan fingerprint density at radius 1 is 1.29 bits per heavy atom. The largest absolute Gasteiger partial charge is 0.255 e. The lowest BCUT2D eigenvalue weighted by Gasteiger charge is -2.13. The van der Waals surface area contributed by atoms with Crippen LogP contribution in [0, 0.1) is 6.58 Å². The minimum atomic E-state index is -2.78. The molecule has 0 aliphatic rings. The maximum absolute atomic E-state index is 13.1. The van der Waals surface area contributed by atoms with Crippen molar-refractivity contribution in [3.05, 3.63) is 47.5 Å². The van der Waals surface area contributed by atoms with Crippen LogP contribution in [0.2, 0.25) is 5.02 Å². The van der Waals surface area contributed by atoms with Crippen LogP contribution in [0.25, 0.3) is 0 Å². The number of hydrogen-bond acceptors (Lipinski definition) is 0. The lowest BCUT2D eigenvalue weighted by atomic mass is 10.1. The van der Waals surface area contributed by atoms with Gasteiger partial charge in [-0.3, -0.25) is 0 Å². The van der Waals surface area contributed by atoms with E-state index in [1.165, 1.54) is 0 Å². The first kappa shape index (κ1) is 11.2. The van der Waals surface area contributed by atoms with Gasteiger partial charge in [-0.2, -0.15) is 0 Å². The molecule has 0 saturated heterocycles. The van der Waals surface area contributed by atoms with Gasteiger partial charge in [0.15, 0.2) is 0 Å². The molecule has 1 aromatic carbocycles. The van der Waals surface area contributed by atoms with Crippen LogP contribution in [0.4, 0.5) is 8.78 Å². The number of rotatable bonds is 4. The lowest BCUT2D eigenvalue weighted by Crippen LogP contribution is -2.18. The molecule has 0 N–H and O–H groups in total. The average molecular weight is 216 g/mol. The SMILES string of the molecule is [CH]=CCC(F)(F)Cc1ccc(Cl)cc1. The van der Waals surface area contributed by atoms with Gasteiger partial charge in [-0.25, -0.2) is 8.78 Å². The van der Waals surface area contributed by atoms with Gasteiger partial charge in [-0.05, 0) is 17.7 Å². The van der Waals surface area contributed by atoms with Crippen LogP contribution < -0.4 is 0 Å². The van der Waals surface area contributed by atoms with Crippen LogP contribution in [-0.2, 0) is 6.42 Å². The third-order valence-electron chi connectivity index (χ3n) is 1.79. The summed E-state index contributed by atoms with van der Waals surface area (Å²) in [5, 5.41) is 0.544. The summed E-state index contributed by atoms with van der Waals surface area (Å²) in [5.41, 5.74) is 0.557. The van der Waals surface area contributed by atoms with Gasteiger partial charge < -0.3 is 0 Å². The molecule has 0 aromatic heterocycles. The molecule has 1 radical (unpaired) electrons. The molecule has 0 heterocycles. The Morgan fingerprint density at radius 2 is 1.86 bits per heavy atom. The molecular formula is C11H10ClF2. The second-order valence-electron chi connectivity index (χ2n) is 3.10. The Labute approximate surface area is 87.2 Å². The van der Waals surface area contributed by atoms with Crippen molar-refractivity contribution in [2.24, 2.45) is 0 Å². The molecule has 0 spiro atoms. The Morgan fingerprint density at radius 3 is 2.36 bits per heavy atom. The van der Waals surface area contributed by atoms with Crippen LogP contribution in [-0.4, -0.2) is 5.92 Å². The highest BCUT2D eigenvalue weighted by atomic mass is 35.5. The van der Waals surface area contributed by atoms with Crippen molar-refractivity contribution >= 4 is 11.6 Å². The zero-order valence-electron chi connectivity index (χ0n) is 7.51. The molecule has 0 aliphatic heterocycles. The predicted octanol–water partition coefficient (Wildman–Crippen LogP) is 3.90. The van der Waals surface area contributed by atoms with E-state index in [2.05, 4.69) is 0 Å². The molecule has 0 atom stereocenters. The number of alkyl halides is 2. The van der Waals surface area contributed by atoms with Crippen molar-refractivity contribution in [1.82, 2.24) is 0 Å². The molecule has 0 aliphatic carbocycles. The summed E-state index contributed by atoms with van der Waals surface area (Å²) in [7, 11) is 0. The smallest absolute Gasteiger partial charge is 0.206 e. The van der Waals surface area contributed by atoms with Crippen LogP contribution in [0.3, 0.4) is 0 Å². The lowest BCUT2D eigenvalue weighted by molar-refractivity contribution is 0.00493. The maximum Gasteiger partial charge on any atom is 0.255 e. The highest BCUT2D eigenvalue weighted by Gasteiger charge is 2.27. The van der Waals surface area contributed by atoms with Crippen molar-refractivity contribution in [2.75, 3.05) is 0 Å². The summed E-state index contributed by atoms with van der Waals surface area (Å²) in [6.45, 7) is 4.97. The van der Waals surface area contributed by atoms with Crippen molar-refractivity contribution in [3.8, 4) is 0 Å². The average Bonchev–Trinajstić information content (AvgIpc) is 2.08. The summed E-state index contributed by atoms with van der Waals surface area (Å²) < 4.78 is 26.1. The minimum Gasteiger partial charge on any atom is -0.206 e. The van der Waals surface area contributed by atoms with E-state index in [9.17, 15) is 8.78 Å². The zero-order valence-corrected chi connectivity index (χ0v) is 8.27. The van der Waals surface area contributed by atoms with Crippen LogP contribution in [0.15, 0.2) is 30.3 Å². The summed E-state index contributed by atoms with van der Waals surface area (Å²) in [6.07, 6.45) is 0.267. The van der Waals surface area contributed by atoms with Gasteiger partial charge in [0.25, 0.3) is 5.92 Å². The van der Waals surface area contributed by atoms with Gasteiger partial charge in [0.1, 0.15) is 0 Å². The zero-order chi connectivity index (χ0) is 10.6. The van der Waals surface area contributed by atoms with Gasteiger partial charge in [0, 0.05) is 17.9 Å². The molecule has 0 saturated carbocycles. The van der Waals surface area contributed by atoms with E-state index in [0.717, 1.165) is 6.08 Å². The highest BCUT2D eigenvalue weighted by Crippen LogP contribution is 2.24. The van der Waals surface area contributed by atoms with Gasteiger partial charge in [0.2, 0.25) is 0 Å². The van der Waals surface area contributed by atoms with Crippen LogP contribution in [0.5, 0.6) is 0 Å². The van der Waals surface area contributed by atoms with Crippen LogP contribution >= 0.6 is 11.6 Å². The third-order valence-corrected chi connectivity index (χ3v) is 2.04. The van der Waals surface area contributed by atoms with Crippen LogP contribution in [0.1, 0.15) is 12.0 Å². The fourth-order valence-electron chi connectivity index (χ4n) is 1.15. The topological polar surface area (TPSA) is 0 Å². The number of allylic oxidation sites excluding steroid dienone is 1. The van der Waals surface area contributed by atoms with E-state index >= 15 is 0 Å². The summed E-state index contributed by atoms with van der Waals surface area (Å²) in [6, 6.07) is 6.37. The van der Waals surface area contributed by atoms with Gasteiger partial charge in [-0.1, -0.05) is 36.4 Å². The monoisotopic (exact) mass is 215 g/mol.